The van der Waals surface area contributed by atoms with Crippen molar-refractivity contribution in [3.8, 4) is 0 Å². The van der Waals surface area contributed by atoms with Gasteiger partial charge in [0.05, 0.1) is 12.0 Å². The first-order chi connectivity index (χ1) is 10.1. The SMILES string of the molecule is O=C(O)CCN(Cc1ccc(C(=O)O)cc1)c1nccs1. The van der Waals surface area contributed by atoms with Crippen molar-refractivity contribution in [1.82, 2.24) is 4.98 Å². The van der Waals surface area contributed by atoms with Crippen molar-refractivity contribution in [2.24, 2.45) is 0 Å². The van der Waals surface area contributed by atoms with Crippen molar-refractivity contribution < 1.29 is 19.8 Å². The molecule has 0 aliphatic carbocycles. The van der Waals surface area contributed by atoms with Gasteiger partial charge in [0.25, 0.3) is 0 Å². The zero-order valence-corrected chi connectivity index (χ0v) is 11.9. The van der Waals surface area contributed by atoms with Crippen LogP contribution in [0.1, 0.15) is 22.3 Å². The van der Waals surface area contributed by atoms with Gasteiger partial charge in [-0.2, -0.15) is 0 Å². The van der Waals surface area contributed by atoms with Gasteiger partial charge in [-0.05, 0) is 17.7 Å². The molecule has 2 N–H and O–H groups in total. The van der Waals surface area contributed by atoms with Crippen LogP contribution in [-0.2, 0) is 11.3 Å². The Hall–Kier alpha value is -2.41. The zero-order valence-electron chi connectivity index (χ0n) is 11.1. The van der Waals surface area contributed by atoms with Gasteiger partial charge in [-0.25, -0.2) is 9.78 Å². The van der Waals surface area contributed by atoms with Crippen LogP contribution in [0.2, 0.25) is 0 Å². The van der Waals surface area contributed by atoms with E-state index >= 15 is 0 Å². The largest absolute Gasteiger partial charge is 0.481 e. The van der Waals surface area contributed by atoms with Gasteiger partial charge in [0, 0.05) is 24.7 Å². The fourth-order valence-corrected chi connectivity index (χ4v) is 2.49. The summed E-state index contributed by atoms with van der Waals surface area (Å²) in [5.74, 6) is -1.83. The molecule has 1 heterocycles. The molecule has 1 aromatic carbocycles. The Morgan fingerprint density at radius 3 is 2.43 bits per heavy atom. The van der Waals surface area contributed by atoms with E-state index < -0.39 is 11.9 Å². The summed E-state index contributed by atoms with van der Waals surface area (Å²) in [6.07, 6.45) is 1.69. The molecule has 1 aromatic heterocycles. The van der Waals surface area contributed by atoms with Gasteiger partial charge >= 0.3 is 11.9 Å². The van der Waals surface area contributed by atoms with Crippen molar-refractivity contribution >= 4 is 28.4 Å². The Morgan fingerprint density at radius 1 is 1.19 bits per heavy atom. The predicted molar refractivity (Wildman–Crippen MR) is 78.8 cm³/mol. The Kier molecular flexibility index (Phi) is 4.89. The molecule has 2 rings (SSSR count). The maximum atomic E-state index is 10.8. The first-order valence-corrected chi connectivity index (χ1v) is 7.12. The number of carboxylic acids is 2. The molecule has 0 aliphatic heterocycles. The maximum absolute atomic E-state index is 10.8. The molecule has 0 bridgehead atoms. The number of aliphatic carboxylic acids is 1. The summed E-state index contributed by atoms with van der Waals surface area (Å²) < 4.78 is 0. The number of anilines is 1. The Bertz CT molecular complexity index is 610. The number of hydrogen-bond acceptors (Lipinski definition) is 5. The van der Waals surface area contributed by atoms with Gasteiger partial charge in [-0.15, -0.1) is 11.3 Å². The Labute approximate surface area is 125 Å². The summed E-state index contributed by atoms with van der Waals surface area (Å²) in [5.41, 5.74) is 1.13. The van der Waals surface area contributed by atoms with Crippen LogP contribution in [0.3, 0.4) is 0 Å². The van der Waals surface area contributed by atoms with Crippen molar-refractivity contribution in [3.63, 3.8) is 0 Å². The Morgan fingerprint density at radius 2 is 1.90 bits per heavy atom. The van der Waals surface area contributed by atoms with Crippen molar-refractivity contribution in [2.45, 2.75) is 13.0 Å². The van der Waals surface area contributed by atoms with Crippen LogP contribution < -0.4 is 4.90 Å². The van der Waals surface area contributed by atoms with E-state index in [2.05, 4.69) is 4.98 Å². The third-order valence-corrected chi connectivity index (χ3v) is 3.69. The lowest BCUT2D eigenvalue weighted by Crippen LogP contribution is -2.25. The second-order valence-electron chi connectivity index (χ2n) is 4.38. The fourth-order valence-electron chi connectivity index (χ4n) is 1.82. The topological polar surface area (TPSA) is 90.7 Å². The molecule has 21 heavy (non-hydrogen) atoms. The number of carboxylic acid groups (broad SMARTS) is 2. The van der Waals surface area contributed by atoms with Gasteiger partial charge in [0.2, 0.25) is 0 Å². The van der Waals surface area contributed by atoms with Gasteiger partial charge in [-0.3, -0.25) is 4.79 Å². The van der Waals surface area contributed by atoms with E-state index in [1.165, 1.54) is 23.5 Å². The molecule has 0 unspecified atom stereocenters. The van der Waals surface area contributed by atoms with E-state index in [1.54, 1.807) is 18.3 Å². The molecule has 0 aliphatic rings. The van der Waals surface area contributed by atoms with Gasteiger partial charge < -0.3 is 15.1 Å². The number of benzene rings is 1. The number of thiazole rings is 1. The van der Waals surface area contributed by atoms with E-state index in [1.807, 2.05) is 10.3 Å². The standard InChI is InChI=1S/C14H14N2O4S/c17-12(18)5-7-16(14-15-6-8-21-14)9-10-1-3-11(4-2-10)13(19)20/h1-4,6,8H,5,7,9H2,(H,17,18)(H,19,20). The van der Waals surface area contributed by atoms with Gasteiger partial charge in [-0.1, -0.05) is 12.1 Å². The van der Waals surface area contributed by atoms with E-state index in [0.717, 1.165) is 10.7 Å². The van der Waals surface area contributed by atoms with E-state index in [4.69, 9.17) is 10.2 Å². The van der Waals surface area contributed by atoms with E-state index in [0.29, 0.717) is 13.1 Å². The van der Waals surface area contributed by atoms with E-state index in [-0.39, 0.29) is 12.0 Å². The average molecular weight is 306 g/mol. The van der Waals surface area contributed by atoms with Crippen LogP contribution in [0, 0.1) is 0 Å². The molecule has 110 valence electrons. The molecule has 7 heteroatoms. The molecule has 0 atom stereocenters. The van der Waals surface area contributed by atoms with Gasteiger partial charge in [0.1, 0.15) is 0 Å². The molecule has 2 aromatic rings. The van der Waals surface area contributed by atoms with Crippen LogP contribution in [0.25, 0.3) is 0 Å². The zero-order chi connectivity index (χ0) is 15.2. The minimum atomic E-state index is -0.968. The molecule has 0 spiro atoms. The molecule has 0 amide bonds. The average Bonchev–Trinajstić information content (AvgIpc) is 2.97. The number of rotatable bonds is 7. The van der Waals surface area contributed by atoms with Crippen LogP contribution in [0.4, 0.5) is 5.13 Å². The number of aromatic carboxylic acids is 1. The lowest BCUT2D eigenvalue weighted by Gasteiger charge is -2.21. The second kappa shape index (κ2) is 6.85. The number of nitrogens with zero attached hydrogens (tertiary/aromatic N) is 2. The van der Waals surface area contributed by atoms with Crippen LogP contribution in [0.5, 0.6) is 0 Å². The predicted octanol–water partition coefficient (Wildman–Crippen LogP) is 2.32. The highest BCUT2D eigenvalue weighted by atomic mass is 32.1. The highest BCUT2D eigenvalue weighted by Crippen LogP contribution is 2.20. The van der Waals surface area contributed by atoms with E-state index in [9.17, 15) is 9.59 Å². The number of carbonyl (C=O) groups is 2. The smallest absolute Gasteiger partial charge is 0.335 e. The van der Waals surface area contributed by atoms with Crippen LogP contribution >= 0.6 is 11.3 Å². The van der Waals surface area contributed by atoms with Crippen molar-refractivity contribution in [3.05, 3.63) is 47.0 Å². The summed E-state index contributed by atoms with van der Waals surface area (Å²) >= 11 is 1.44. The summed E-state index contributed by atoms with van der Waals surface area (Å²) in [6, 6.07) is 6.53. The number of aromatic nitrogens is 1. The highest BCUT2D eigenvalue weighted by Gasteiger charge is 2.12. The molecule has 0 saturated carbocycles. The summed E-state index contributed by atoms with van der Waals surface area (Å²) in [4.78, 5) is 27.6. The summed E-state index contributed by atoms with van der Waals surface area (Å²) in [5, 5.41) is 20.3. The molecule has 6 nitrogen and oxygen atoms in total. The highest BCUT2D eigenvalue weighted by molar-refractivity contribution is 7.13. The molecule has 0 radical (unpaired) electrons. The molecule has 0 fully saturated rings. The third-order valence-electron chi connectivity index (χ3n) is 2.86. The van der Waals surface area contributed by atoms with Crippen molar-refractivity contribution in [1.29, 1.82) is 0 Å². The van der Waals surface area contributed by atoms with Crippen LogP contribution in [-0.4, -0.2) is 33.7 Å². The lowest BCUT2D eigenvalue weighted by atomic mass is 10.1. The number of hydrogen-bond donors (Lipinski definition) is 2. The first-order valence-electron chi connectivity index (χ1n) is 6.24. The summed E-state index contributed by atoms with van der Waals surface area (Å²) in [6.45, 7) is 0.838. The van der Waals surface area contributed by atoms with Crippen LogP contribution in [0.15, 0.2) is 35.8 Å². The normalized spacial score (nSPS) is 10.3. The Balaban J connectivity index is 2.10. The molecular weight excluding hydrogens is 292 g/mol. The quantitative estimate of drug-likeness (QED) is 0.816. The minimum Gasteiger partial charge on any atom is -0.481 e. The lowest BCUT2D eigenvalue weighted by molar-refractivity contribution is -0.136. The minimum absolute atomic E-state index is 0.0206. The van der Waals surface area contributed by atoms with Gasteiger partial charge in [0.15, 0.2) is 5.13 Å². The second-order valence-corrected chi connectivity index (χ2v) is 5.26. The van der Waals surface area contributed by atoms with Crippen molar-refractivity contribution in [2.75, 3.05) is 11.4 Å². The maximum Gasteiger partial charge on any atom is 0.335 e. The molecular formula is C14H14N2O4S. The monoisotopic (exact) mass is 306 g/mol. The first kappa shape index (κ1) is 15.0. The summed E-state index contributed by atoms with van der Waals surface area (Å²) in [7, 11) is 0. The third kappa shape index (κ3) is 4.28. The molecule has 0 saturated heterocycles. The fraction of sp³-hybridized carbons (Fsp3) is 0.214.